The summed E-state index contributed by atoms with van der Waals surface area (Å²) in [6, 6.07) is 7.29. The van der Waals surface area contributed by atoms with Gasteiger partial charge in [0.1, 0.15) is 6.04 Å². The van der Waals surface area contributed by atoms with Gasteiger partial charge in [-0.2, -0.15) is 0 Å². The summed E-state index contributed by atoms with van der Waals surface area (Å²) >= 11 is 3.42. The van der Waals surface area contributed by atoms with E-state index in [-0.39, 0.29) is 30.4 Å². The second kappa shape index (κ2) is 10.6. The van der Waals surface area contributed by atoms with Crippen molar-refractivity contribution in [1.82, 2.24) is 20.4 Å². The lowest BCUT2D eigenvalue weighted by atomic mass is 10.2. The maximum atomic E-state index is 12.6. The number of rotatable bonds is 6. The third-order valence-electron chi connectivity index (χ3n) is 4.20. The van der Waals surface area contributed by atoms with Gasteiger partial charge >= 0.3 is 6.03 Å². The molecule has 0 saturated carbocycles. The Morgan fingerprint density at radius 2 is 2.16 bits per heavy atom. The highest BCUT2D eigenvalue weighted by atomic mass is 79.9. The van der Waals surface area contributed by atoms with Gasteiger partial charge in [0.25, 0.3) is 0 Å². The summed E-state index contributed by atoms with van der Waals surface area (Å²) in [6.45, 7) is 2.45. The maximum Gasteiger partial charge on any atom is 0.318 e. The minimum absolute atomic E-state index is 0. The van der Waals surface area contributed by atoms with Crippen LogP contribution in [0.5, 0.6) is 0 Å². The molecule has 6 nitrogen and oxygen atoms in total. The molecule has 1 aromatic carbocycles. The number of halogens is 2. The lowest BCUT2D eigenvalue weighted by molar-refractivity contribution is -0.133. The van der Waals surface area contributed by atoms with Crippen LogP contribution >= 0.6 is 28.3 Å². The van der Waals surface area contributed by atoms with Gasteiger partial charge in [-0.15, -0.1) is 12.4 Å². The standard InChI is InChI=1S/C17H25BrN4O2.ClH/c1-19-8-10-21(2)16(23)15-7-4-9-22(15)17(24)20-12-13-5-3-6-14(18)11-13;/h3,5-6,11,15,19H,4,7-10,12H2,1-2H3,(H,20,24);1H/t15-;/m0./s1. The number of amides is 3. The smallest absolute Gasteiger partial charge is 0.318 e. The van der Waals surface area contributed by atoms with E-state index in [0.29, 0.717) is 19.6 Å². The Morgan fingerprint density at radius 1 is 1.40 bits per heavy atom. The number of carbonyl (C=O) groups is 2. The van der Waals surface area contributed by atoms with Crippen LogP contribution in [0.1, 0.15) is 18.4 Å². The highest BCUT2D eigenvalue weighted by Gasteiger charge is 2.35. The average Bonchev–Trinajstić information content (AvgIpc) is 3.06. The van der Waals surface area contributed by atoms with E-state index in [1.807, 2.05) is 31.3 Å². The summed E-state index contributed by atoms with van der Waals surface area (Å²) in [5.41, 5.74) is 1.02. The number of likely N-dealkylation sites (tertiary alicyclic amines) is 1. The van der Waals surface area contributed by atoms with Crippen molar-refractivity contribution in [3.63, 3.8) is 0 Å². The summed E-state index contributed by atoms with van der Waals surface area (Å²) in [4.78, 5) is 28.4. The monoisotopic (exact) mass is 432 g/mol. The summed E-state index contributed by atoms with van der Waals surface area (Å²) in [6.07, 6.45) is 1.59. The number of nitrogens with zero attached hydrogens (tertiary/aromatic N) is 2. The van der Waals surface area contributed by atoms with Gasteiger partial charge in [0.05, 0.1) is 0 Å². The molecule has 1 atom stereocenters. The van der Waals surface area contributed by atoms with Gasteiger partial charge in [0, 0.05) is 37.7 Å². The van der Waals surface area contributed by atoms with Crippen LogP contribution in [0.15, 0.2) is 28.7 Å². The Hall–Kier alpha value is -1.31. The topological polar surface area (TPSA) is 64.7 Å². The van der Waals surface area contributed by atoms with Crippen LogP contribution in [0.25, 0.3) is 0 Å². The Bertz CT molecular complexity index is 588. The Kier molecular flexibility index (Phi) is 9.24. The molecule has 1 saturated heterocycles. The van der Waals surface area contributed by atoms with Crippen molar-refractivity contribution < 1.29 is 9.59 Å². The highest BCUT2D eigenvalue weighted by Crippen LogP contribution is 2.19. The first-order valence-corrected chi connectivity index (χ1v) is 9.00. The molecule has 8 heteroatoms. The molecule has 2 N–H and O–H groups in total. The van der Waals surface area contributed by atoms with Gasteiger partial charge < -0.3 is 20.4 Å². The summed E-state index contributed by atoms with van der Waals surface area (Å²) in [5.74, 6) is 0.0142. The highest BCUT2D eigenvalue weighted by molar-refractivity contribution is 9.10. The molecule has 140 valence electrons. The van der Waals surface area contributed by atoms with Crippen molar-refractivity contribution >= 4 is 40.3 Å². The fourth-order valence-corrected chi connectivity index (χ4v) is 3.28. The number of likely N-dealkylation sites (N-methyl/N-ethyl adjacent to an activating group) is 2. The normalized spacial score (nSPS) is 16.3. The largest absolute Gasteiger partial charge is 0.343 e. The van der Waals surface area contributed by atoms with Gasteiger partial charge in [0.2, 0.25) is 5.91 Å². The van der Waals surface area contributed by atoms with E-state index in [9.17, 15) is 9.59 Å². The lowest BCUT2D eigenvalue weighted by Gasteiger charge is -2.28. The third-order valence-corrected chi connectivity index (χ3v) is 4.70. The lowest BCUT2D eigenvalue weighted by Crippen LogP contribution is -2.50. The number of benzene rings is 1. The second-order valence-corrected chi connectivity index (χ2v) is 6.92. The first-order chi connectivity index (χ1) is 11.5. The van der Waals surface area contributed by atoms with Crippen molar-refractivity contribution in [2.24, 2.45) is 0 Å². The van der Waals surface area contributed by atoms with Crippen molar-refractivity contribution in [2.75, 3.05) is 33.7 Å². The fraction of sp³-hybridized carbons (Fsp3) is 0.529. The van der Waals surface area contributed by atoms with Crippen LogP contribution in [0, 0.1) is 0 Å². The molecule has 0 spiro atoms. The van der Waals surface area contributed by atoms with Crippen molar-refractivity contribution in [1.29, 1.82) is 0 Å². The molecule has 2 rings (SSSR count). The third kappa shape index (κ3) is 6.17. The number of carbonyl (C=O) groups excluding carboxylic acids is 2. The van der Waals surface area contributed by atoms with E-state index in [0.717, 1.165) is 29.4 Å². The molecule has 25 heavy (non-hydrogen) atoms. The van der Waals surface area contributed by atoms with Gasteiger partial charge in [-0.1, -0.05) is 28.1 Å². The fourth-order valence-electron chi connectivity index (χ4n) is 2.84. The first kappa shape index (κ1) is 21.7. The molecular weight excluding hydrogens is 408 g/mol. The van der Waals surface area contributed by atoms with E-state index >= 15 is 0 Å². The second-order valence-electron chi connectivity index (χ2n) is 6.00. The van der Waals surface area contributed by atoms with Gasteiger partial charge in [-0.25, -0.2) is 4.79 Å². The van der Waals surface area contributed by atoms with Crippen LogP contribution in [0.4, 0.5) is 4.79 Å². The molecule has 1 heterocycles. The van der Waals surface area contributed by atoms with Crippen LogP contribution < -0.4 is 10.6 Å². The van der Waals surface area contributed by atoms with Crippen molar-refractivity contribution in [3.05, 3.63) is 34.3 Å². The zero-order valence-electron chi connectivity index (χ0n) is 14.6. The average molecular weight is 434 g/mol. The molecule has 1 fully saturated rings. The van der Waals surface area contributed by atoms with Crippen molar-refractivity contribution in [2.45, 2.75) is 25.4 Å². The molecule has 0 unspecified atom stereocenters. The summed E-state index contributed by atoms with van der Waals surface area (Å²) in [5, 5.41) is 5.95. The summed E-state index contributed by atoms with van der Waals surface area (Å²) < 4.78 is 0.981. The van der Waals surface area contributed by atoms with E-state index in [1.165, 1.54) is 0 Å². The van der Waals surface area contributed by atoms with E-state index in [1.54, 1.807) is 16.8 Å². The maximum absolute atomic E-state index is 12.6. The molecule has 0 radical (unpaired) electrons. The van der Waals surface area contributed by atoms with Gasteiger partial charge in [0.15, 0.2) is 0 Å². The molecule has 3 amide bonds. The van der Waals surface area contributed by atoms with E-state index in [4.69, 9.17) is 0 Å². The minimum atomic E-state index is -0.352. The zero-order chi connectivity index (χ0) is 17.5. The van der Waals surface area contributed by atoms with Crippen LogP contribution in [0.2, 0.25) is 0 Å². The summed E-state index contributed by atoms with van der Waals surface area (Å²) in [7, 11) is 3.64. The molecule has 1 aromatic rings. The number of hydrogen-bond acceptors (Lipinski definition) is 3. The van der Waals surface area contributed by atoms with Crippen molar-refractivity contribution in [3.8, 4) is 0 Å². The first-order valence-electron chi connectivity index (χ1n) is 8.21. The number of urea groups is 1. The Labute approximate surface area is 163 Å². The van der Waals surface area contributed by atoms with Gasteiger partial charge in [-0.05, 0) is 37.6 Å². The van der Waals surface area contributed by atoms with E-state index < -0.39 is 0 Å². The molecular formula is C17H26BrClN4O2. The zero-order valence-corrected chi connectivity index (χ0v) is 17.0. The quantitative estimate of drug-likeness (QED) is 0.723. The van der Waals surface area contributed by atoms with Crippen LogP contribution in [-0.4, -0.2) is 61.5 Å². The SMILES string of the molecule is CNCCN(C)C(=O)[C@@H]1CCCN1C(=O)NCc1cccc(Br)c1.Cl. The predicted molar refractivity (Wildman–Crippen MR) is 105 cm³/mol. The molecule has 1 aliphatic heterocycles. The number of hydrogen-bond donors (Lipinski definition) is 2. The molecule has 0 aromatic heterocycles. The minimum Gasteiger partial charge on any atom is -0.343 e. The van der Waals surface area contributed by atoms with E-state index in [2.05, 4.69) is 26.6 Å². The number of nitrogens with one attached hydrogen (secondary N) is 2. The molecule has 1 aliphatic rings. The van der Waals surface area contributed by atoms with Gasteiger partial charge in [-0.3, -0.25) is 4.79 Å². The van der Waals surface area contributed by atoms with Crippen LogP contribution in [-0.2, 0) is 11.3 Å². The molecule has 0 aliphatic carbocycles. The predicted octanol–water partition coefficient (Wildman–Crippen LogP) is 2.22. The Balaban J connectivity index is 0.00000312. The van der Waals surface area contributed by atoms with Crippen LogP contribution in [0.3, 0.4) is 0 Å². The Morgan fingerprint density at radius 3 is 2.84 bits per heavy atom. The molecule has 0 bridgehead atoms.